The minimum atomic E-state index is -0.383. The fraction of sp³-hybridized carbons (Fsp3) is 0.200. The average molecular weight is 336 g/mol. The Morgan fingerprint density at radius 2 is 1.80 bits per heavy atom. The number of rotatable bonds is 6. The van der Waals surface area contributed by atoms with Crippen LogP contribution in [0.3, 0.4) is 0 Å². The molecule has 0 amide bonds. The minimum Gasteiger partial charge on any atom is -0.488 e. The lowest BCUT2D eigenvalue weighted by molar-refractivity contribution is 0.0513. The van der Waals surface area contributed by atoms with Crippen LogP contribution in [-0.4, -0.2) is 22.4 Å². The average Bonchev–Trinajstić information content (AvgIpc) is 3.03. The van der Waals surface area contributed by atoms with Crippen molar-refractivity contribution < 1.29 is 14.3 Å². The first kappa shape index (κ1) is 16.8. The molecule has 0 unspecified atom stereocenters. The second kappa shape index (κ2) is 7.66. The normalized spacial score (nSPS) is 10.5. The Hall–Kier alpha value is -3.08. The molecule has 2 aromatic carbocycles. The zero-order valence-corrected chi connectivity index (χ0v) is 14.3. The Kier molecular flexibility index (Phi) is 5.14. The summed E-state index contributed by atoms with van der Waals surface area (Å²) in [5.74, 6) is 0.339. The lowest BCUT2D eigenvalue weighted by Crippen LogP contribution is -2.10. The second-order valence-electron chi connectivity index (χ2n) is 5.53. The van der Waals surface area contributed by atoms with Crippen molar-refractivity contribution in [2.75, 3.05) is 6.61 Å². The molecule has 0 spiro atoms. The van der Waals surface area contributed by atoms with Gasteiger partial charge < -0.3 is 9.47 Å². The van der Waals surface area contributed by atoms with Crippen LogP contribution in [0.2, 0.25) is 0 Å². The van der Waals surface area contributed by atoms with Crippen molar-refractivity contribution in [3.63, 3.8) is 0 Å². The number of para-hydroxylation sites is 1. The van der Waals surface area contributed by atoms with Gasteiger partial charge in [0.15, 0.2) is 0 Å². The molecule has 0 atom stereocenters. The van der Waals surface area contributed by atoms with Gasteiger partial charge in [0.1, 0.15) is 18.1 Å². The Balaban J connectivity index is 1.86. The maximum atomic E-state index is 12.0. The molecule has 0 saturated carbocycles. The quantitative estimate of drug-likeness (QED) is 0.642. The molecule has 0 bridgehead atoms. The van der Waals surface area contributed by atoms with Crippen molar-refractivity contribution in [2.24, 2.45) is 7.05 Å². The van der Waals surface area contributed by atoms with Gasteiger partial charge in [0.2, 0.25) is 0 Å². The first-order chi connectivity index (χ1) is 12.2. The molecule has 3 aromatic rings. The highest BCUT2D eigenvalue weighted by molar-refractivity contribution is 5.89. The molecule has 5 heteroatoms. The summed E-state index contributed by atoms with van der Waals surface area (Å²) < 4.78 is 12.6. The van der Waals surface area contributed by atoms with E-state index in [1.165, 1.54) is 4.68 Å². The monoisotopic (exact) mass is 336 g/mol. The van der Waals surface area contributed by atoms with E-state index in [0.29, 0.717) is 24.6 Å². The first-order valence-corrected chi connectivity index (χ1v) is 8.16. The molecule has 3 rings (SSSR count). The SMILES string of the molecule is CCOC(=O)c1cc(-c2ccccc2OCc2ccccc2)nn1C. The van der Waals surface area contributed by atoms with Crippen molar-refractivity contribution in [2.45, 2.75) is 13.5 Å². The topological polar surface area (TPSA) is 53.4 Å². The van der Waals surface area contributed by atoms with Crippen LogP contribution in [0.4, 0.5) is 0 Å². The zero-order chi connectivity index (χ0) is 17.6. The summed E-state index contributed by atoms with van der Waals surface area (Å²) in [5, 5.41) is 4.44. The summed E-state index contributed by atoms with van der Waals surface area (Å²) in [5.41, 5.74) is 3.01. The fourth-order valence-electron chi connectivity index (χ4n) is 2.53. The number of aromatic nitrogens is 2. The molecule has 25 heavy (non-hydrogen) atoms. The molecule has 1 heterocycles. The number of benzene rings is 2. The molecule has 0 radical (unpaired) electrons. The molecule has 5 nitrogen and oxygen atoms in total. The van der Waals surface area contributed by atoms with Crippen LogP contribution in [0, 0.1) is 0 Å². The van der Waals surface area contributed by atoms with Crippen LogP contribution in [-0.2, 0) is 18.4 Å². The second-order valence-corrected chi connectivity index (χ2v) is 5.53. The van der Waals surface area contributed by atoms with E-state index >= 15 is 0 Å². The highest BCUT2D eigenvalue weighted by Crippen LogP contribution is 2.30. The number of aryl methyl sites for hydroxylation is 1. The number of hydrogen-bond acceptors (Lipinski definition) is 4. The van der Waals surface area contributed by atoms with Gasteiger partial charge in [-0.2, -0.15) is 5.10 Å². The Morgan fingerprint density at radius 3 is 2.56 bits per heavy atom. The molecule has 0 aliphatic heterocycles. The Labute approximate surface area is 146 Å². The summed E-state index contributed by atoms with van der Waals surface area (Å²) in [7, 11) is 1.73. The maximum absolute atomic E-state index is 12.0. The third-order valence-corrected chi connectivity index (χ3v) is 3.76. The van der Waals surface area contributed by atoms with Gasteiger partial charge in [0.05, 0.1) is 12.3 Å². The Bertz CT molecular complexity index is 856. The van der Waals surface area contributed by atoms with E-state index in [-0.39, 0.29) is 5.97 Å². The number of ether oxygens (including phenoxy) is 2. The van der Waals surface area contributed by atoms with E-state index in [4.69, 9.17) is 9.47 Å². The van der Waals surface area contributed by atoms with Crippen LogP contribution >= 0.6 is 0 Å². The summed E-state index contributed by atoms with van der Waals surface area (Å²) in [6, 6.07) is 19.4. The van der Waals surface area contributed by atoms with E-state index in [1.807, 2.05) is 54.6 Å². The molecule has 0 fully saturated rings. The number of nitrogens with zero attached hydrogens (tertiary/aromatic N) is 2. The van der Waals surface area contributed by atoms with Crippen molar-refractivity contribution in [3.8, 4) is 17.0 Å². The predicted molar refractivity (Wildman–Crippen MR) is 95.4 cm³/mol. The summed E-state index contributed by atoms with van der Waals surface area (Å²) in [4.78, 5) is 12.0. The molecular formula is C20H20N2O3. The van der Waals surface area contributed by atoms with Crippen molar-refractivity contribution in [1.29, 1.82) is 0 Å². The van der Waals surface area contributed by atoms with E-state index in [1.54, 1.807) is 20.0 Å². The van der Waals surface area contributed by atoms with Crippen LogP contribution in [0.25, 0.3) is 11.3 Å². The minimum absolute atomic E-state index is 0.329. The van der Waals surface area contributed by atoms with E-state index in [9.17, 15) is 4.79 Å². The lowest BCUT2D eigenvalue weighted by Gasteiger charge is -2.10. The molecule has 0 saturated heterocycles. The van der Waals surface area contributed by atoms with Gasteiger partial charge in [-0.05, 0) is 30.7 Å². The van der Waals surface area contributed by atoms with Gasteiger partial charge in [0.25, 0.3) is 0 Å². The summed E-state index contributed by atoms with van der Waals surface area (Å²) in [6.07, 6.45) is 0. The maximum Gasteiger partial charge on any atom is 0.356 e. The van der Waals surface area contributed by atoms with Gasteiger partial charge in [-0.1, -0.05) is 42.5 Å². The highest BCUT2D eigenvalue weighted by Gasteiger charge is 2.17. The Morgan fingerprint density at radius 1 is 1.08 bits per heavy atom. The number of carbonyl (C=O) groups is 1. The van der Waals surface area contributed by atoms with Gasteiger partial charge >= 0.3 is 5.97 Å². The standard InChI is InChI=1S/C20H20N2O3/c1-3-24-20(23)18-13-17(21-22(18)2)16-11-7-8-12-19(16)25-14-15-9-5-4-6-10-15/h4-13H,3,14H2,1-2H3. The molecule has 0 aliphatic carbocycles. The predicted octanol–water partition coefficient (Wildman–Crippen LogP) is 3.84. The van der Waals surface area contributed by atoms with Crippen LogP contribution in [0.1, 0.15) is 23.0 Å². The molecule has 1 aromatic heterocycles. The molecule has 0 aliphatic rings. The zero-order valence-electron chi connectivity index (χ0n) is 14.3. The van der Waals surface area contributed by atoms with E-state index in [2.05, 4.69) is 5.10 Å². The first-order valence-electron chi connectivity index (χ1n) is 8.16. The van der Waals surface area contributed by atoms with Crippen molar-refractivity contribution in [3.05, 3.63) is 71.9 Å². The molecule has 128 valence electrons. The van der Waals surface area contributed by atoms with Crippen LogP contribution < -0.4 is 4.74 Å². The third-order valence-electron chi connectivity index (χ3n) is 3.76. The van der Waals surface area contributed by atoms with Gasteiger partial charge in [0, 0.05) is 12.6 Å². The number of carbonyl (C=O) groups excluding carboxylic acids is 1. The highest BCUT2D eigenvalue weighted by atomic mass is 16.5. The van der Waals surface area contributed by atoms with E-state index < -0.39 is 0 Å². The fourth-order valence-corrected chi connectivity index (χ4v) is 2.53. The lowest BCUT2D eigenvalue weighted by atomic mass is 10.1. The molecule has 0 N–H and O–H groups in total. The van der Waals surface area contributed by atoms with E-state index in [0.717, 1.165) is 16.9 Å². The van der Waals surface area contributed by atoms with Crippen LogP contribution in [0.15, 0.2) is 60.7 Å². The summed E-state index contributed by atoms with van der Waals surface area (Å²) in [6.45, 7) is 2.58. The largest absolute Gasteiger partial charge is 0.488 e. The smallest absolute Gasteiger partial charge is 0.356 e. The van der Waals surface area contributed by atoms with Crippen LogP contribution in [0.5, 0.6) is 5.75 Å². The van der Waals surface area contributed by atoms with Crippen molar-refractivity contribution in [1.82, 2.24) is 9.78 Å². The number of esters is 1. The van der Waals surface area contributed by atoms with Gasteiger partial charge in [-0.15, -0.1) is 0 Å². The van der Waals surface area contributed by atoms with Gasteiger partial charge in [-0.3, -0.25) is 4.68 Å². The third kappa shape index (κ3) is 3.88. The summed E-state index contributed by atoms with van der Waals surface area (Å²) >= 11 is 0. The number of hydrogen-bond donors (Lipinski definition) is 0. The molecular weight excluding hydrogens is 316 g/mol. The van der Waals surface area contributed by atoms with Crippen molar-refractivity contribution >= 4 is 5.97 Å². The van der Waals surface area contributed by atoms with Gasteiger partial charge in [-0.25, -0.2) is 4.79 Å².